The van der Waals surface area contributed by atoms with Gasteiger partial charge in [-0.25, -0.2) is 4.79 Å². The van der Waals surface area contributed by atoms with Crippen molar-refractivity contribution in [1.82, 2.24) is 10.2 Å². The van der Waals surface area contributed by atoms with Gasteiger partial charge in [-0.2, -0.15) is 0 Å². The summed E-state index contributed by atoms with van der Waals surface area (Å²) in [6.45, 7) is 1.12. The van der Waals surface area contributed by atoms with E-state index in [1.54, 1.807) is 24.1 Å². The number of methoxy groups -OCH3 is 1. The van der Waals surface area contributed by atoms with Crippen LogP contribution in [0.15, 0.2) is 24.3 Å². The molecule has 0 saturated carbocycles. The van der Waals surface area contributed by atoms with Crippen LogP contribution in [0.25, 0.3) is 0 Å². The standard InChI is InChI=1S/C16H21ClN2O4/c1-23-14(11-4-2-6-13(17)8-11)9-18-16(22)19-7-3-5-12(10-19)15(20)21/h2,4,6,8,12,14H,3,5,7,9-10H2,1H3,(H,18,22)(H,20,21). The van der Waals surface area contributed by atoms with Gasteiger partial charge in [-0.15, -0.1) is 0 Å². The van der Waals surface area contributed by atoms with E-state index in [1.807, 2.05) is 12.1 Å². The van der Waals surface area contributed by atoms with Crippen LogP contribution in [0.4, 0.5) is 4.79 Å². The minimum atomic E-state index is -0.851. The number of carbonyl (C=O) groups excluding carboxylic acids is 1. The molecule has 7 heteroatoms. The molecule has 0 bridgehead atoms. The molecule has 2 amide bonds. The lowest BCUT2D eigenvalue weighted by atomic mass is 9.99. The van der Waals surface area contributed by atoms with E-state index < -0.39 is 11.9 Å². The molecule has 0 spiro atoms. The summed E-state index contributed by atoms with van der Waals surface area (Å²) in [5, 5.41) is 12.5. The Balaban J connectivity index is 1.90. The first-order chi connectivity index (χ1) is 11.0. The molecule has 126 valence electrons. The van der Waals surface area contributed by atoms with Crippen LogP contribution in [-0.4, -0.2) is 48.8 Å². The van der Waals surface area contributed by atoms with E-state index in [-0.39, 0.29) is 18.7 Å². The van der Waals surface area contributed by atoms with E-state index in [1.165, 1.54) is 0 Å². The van der Waals surface area contributed by atoms with Gasteiger partial charge in [0.15, 0.2) is 0 Å². The maximum absolute atomic E-state index is 12.2. The number of ether oxygens (including phenoxy) is 1. The van der Waals surface area contributed by atoms with Crippen LogP contribution in [-0.2, 0) is 9.53 Å². The van der Waals surface area contributed by atoms with Gasteiger partial charge in [0.05, 0.1) is 12.0 Å². The third kappa shape index (κ3) is 4.84. The molecule has 0 aromatic heterocycles. The Labute approximate surface area is 140 Å². The molecule has 1 fully saturated rings. The number of rotatable bonds is 5. The Kier molecular flexibility index (Phi) is 6.24. The number of piperidine rings is 1. The van der Waals surface area contributed by atoms with Gasteiger partial charge in [-0.05, 0) is 30.5 Å². The summed E-state index contributed by atoms with van der Waals surface area (Å²) in [6, 6.07) is 7.01. The number of carboxylic acids is 1. The monoisotopic (exact) mass is 340 g/mol. The van der Waals surface area contributed by atoms with E-state index in [4.69, 9.17) is 21.4 Å². The Morgan fingerprint density at radius 2 is 2.30 bits per heavy atom. The fourth-order valence-corrected chi connectivity index (χ4v) is 2.90. The average Bonchev–Trinajstić information content (AvgIpc) is 2.55. The molecule has 2 rings (SSSR count). The lowest BCUT2D eigenvalue weighted by molar-refractivity contribution is -0.143. The molecule has 1 aromatic carbocycles. The van der Waals surface area contributed by atoms with Crippen molar-refractivity contribution in [3.63, 3.8) is 0 Å². The van der Waals surface area contributed by atoms with Crippen LogP contribution >= 0.6 is 11.6 Å². The van der Waals surface area contributed by atoms with Crippen LogP contribution in [0.5, 0.6) is 0 Å². The second-order valence-electron chi connectivity index (χ2n) is 5.59. The van der Waals surface area contributed by atoms with Crippen LogP contribution in [0, 0.1) is 5.92 Å². The zero-order valence-corrected chi connectivity index (χ0v) is 13.8. The zero-order valence-electron chi connectivity index (χ0n) is 13.0. The summed E-state index contributed by atoms with van der Waals surface area (Å²) < 4.78 is 5.40. The van der Waals surface area contributed by atoms with Crippen LogP contribution in [0.2, 0.25) is 5.02 Å². The van der Waals surface area contributed by atoms with Crippen molar-refractivity contribution in [1.29, 1.82) is 0 Å². The van der Waals surface area contributed by atoms with E-state index in [0.29, 0.717) is 31.0 Å². The molecule has 6 nitrogen and oxygen atoms in total. The van der Waals surface area contributed by atoms with Gasteiger partial charge in [0.2, 0.25) is 0 Å². The predicted octanol–water partition coefficient (Wildman–Crippen LogP) is 2.53. The Bertz CT molecular complexity index is 567. The number of hydrogen-bond acceptors (Lipinski definition) is 3. The van der Waals surface area contributed by atoms with Crippen molar-refractivity contribution >= 4 is 23.6 Å². The van der Waals surface area contributed by atoms with Crippen molar-refractivity contribution in [3.05, 3.63) is 34.9 Å². The fourth-order valence-electron chi connectivity index (χ4n) is 2.70. The molecule has 1 heterocycles. The lowest BCUT2D eigenvalue weighted by Crippen LogP contribution is -2.47. The predicted molar refractivity (Wildman–Crippen MR) is 86.5 cm³/mol. The van der Waals surface area contributed by atoms with E-state index in [9.17, 15) is 9.59 Å². The third-order valence-electron chi connectivity index (χ3n) is 4.00. The second kappa shape index (κ2) is 8.17. The smallest absolute Gasteiger partial charge is 0.317 e. The van der Waals surface area contributed by atoms with Gasteiger partial charge in [0, 0.05) is 31.8 Å². The maximum atomic E-state index is 12.2. The molecule has 23 heavy (non-hydrogen) atoms. The molecular weight excluding hydrogens is 320 g/mol. The SMILES string of the molecule is COC(CNC(=O)N1CCCC(C(=O)O)C1)c1cccc(Cl)c1. The van der Waals surface area contributed by atoms with Crippen LogP contribution in [0.1, 0.15) is 24.5 Å². The van der Waals surface area contributed by atoms with Crippen molar-refractivity contribution in [2.45, 2.75) is 18.9 Å². The molecule has 2 N–H and O–H groups in total. The van der Waals surface area contributed by atoms with Crippen LogP contribution in [0.3, 0.4) is 0 Å². The lowest BCUT2D eigenvalue weighted by Gasteiger charge is -2.31. The number of carboxylic acid groups (broad SMARTS) is 1. The summed E-state index contributed by atoms with van der Waals surface area (Å²) >= 11 is 5.97. The van der Waals surface area contributed by atoms with Gasteiger partial charge in [0.25, 0.3) is 0 Å². The first-order valence-electron chi connectivity index (χ1n) is 7.55. The Morgan fingerprint density at radius 3 is 2.96 bits per heavy atom. The quantitative estimate of drug-likeness (QED) is 0.863. The van der Waals surface area contributed by atoms with Crippen molar-refractivity contribution in [3.8, 4) is 0 Å². The molecule has 1 saturated heterocycles. The number of carbonyl (C=O) groups is 2. The van der Waals surface area contributed by atoms with Gasteiger partial charge in [0.1, 0.15) is 0 Å². The molecule has 2 atom stereocenters. The summed E-state index contributed by atoms with van der Waals surface area (Å²) in [5.74, 6) is -1.34. The number of hydrogen-bond donors (Lipinski definition) is 2. The molecule has 0 radical (unpaired) electrons. The highest BCUT2D eigenvalue weighted by Crippen LogP contribution is 2.20. The number of nitrogens with one attached hydrogen (secondary N) is 1. The molecule has 1 aliphatic heterocycles. The minimum absolute atomic E-state index is 0.246. The van der Waals surface area contributed by atoms with E-state index in [0.717, 1.165) is 5.56 Å². The maximum Gasteiger partial charge on any atom is 0.317 e. The number of amides is 2. The molecular formula is C16H21ClN2O4. The van der Waals surface area contributed by atoms with E-state index in [2.05, 4.69) is 5.32 Å². The van der Waals surface area contributed by atoms with Gasteiger partial charge in [-0.1, -0.05) is 23.7 Å². The molecule has 0 aliphatic carbocycles. The number of aliphatic carboxylic acids is 1. The summed E-state index contributed by atoms with van der Waals surface area (Å²) in [5.41, 5.74) is 0.877. The number of halogens is 1. The topological polar surface area (TPSA) is 78.9 Å². The molecule has 1 aliphatic rings. The number of nitrogens with zero attached hydrogens (tertiary/aromatic N) is 1. The minimum Gasteiger partial charge on any atom is -0.481 e. The molecule has 2 unspecified atom stereocenters. The summed E-state index contributed by atoms with van der Waals surface area (Å²) in [4.78, 5) is 24.8. The summed E-state index contributed by atoms with van der Waals surface area (Å²) in [6.07, 6.45) is 1.01. The molecule has 1 aromatic rings. The number of benzene rings is 1. The van der Waals surface area contributed by atoms with E-state index >= 15 is 0 Å². The van der Waals surface area contributed by atoms with Gasteiger partial charge < -0.3 is 20.1 Å². The second-order valence-corrected chi connectivity index (χ2v) is 6.03. The van der Waals surface area contributed by atoms with Crippen molar-refractivity contribution in [2.75, 3.05) is 26.7 Å². The van der Waals surface area contributed by atoms with Crippen LogP contribution < -0.4 is 5.32 Å². The average molecular weight is 341 g/mol. The normalized spacial score (nSPS) is 19.2. The fraction of sp³-hybridized carbons (Fsp3) is 0.500. The van der Waals surface area contributed by atoms with Crippen molar-refractivity contribution < 1.29 is 19.4 Å². The largest absolute Gasteiger partial charge is 0.481 e. The highest BCUT2D eigenvalue weighted by molar-refractivity contribution is 6.30. The van der Waals surface area contributed by atoms with Crippen molar-refractivity contribution in [2.24, 2.45) is 5.92 Å². The highest BCUT2D eigenvalue weighted by atomic mass is 35.5. The number of urea groups is 1. The summed E-state index contributed by atoms with van der Waals surface area (Å²) in [7, 11) is 1.57. The Hall–Kier alpha value is -1.79. The zero-order chi connectivity index (χ0) is 16.8. The third-order valence-corrected chi connectivity index (χ3v) is 4.24. The number of likely N-dealkylation sites (tertiary alicyclic amines) is 1. The first kappa shape index (κ1) is 17.6. The first-order valence-corrected chi connectivity index (χ1v) is 7.93. The highest BCUT2D eigenvalue weighted by Gasteiger charge is 2.28. The Morgan fingerprint density at radius 1 is 1.52 bits per heavy atom. The van der Waals surface area contributed by atoms with Gasteiger partial charge in [-0.3, -0.25) is 4.79 Å². The van der Waals surface area contributed by atoms with Gasteiger partial charge >= 0.3 is 12.0 Å².